The summed E-state index contributed by atoms with van der Waals surface area (Å²) in [6, 6.07) is 15.0. The zero-order valence-electron chi connectivity index (χ0n) is 11.9. The SMILES string of the molecule is COCc1cccc(NCc2cc(C)cc(C)c2)c1. The first-order chi connectivity index (χ1) is 9.17. The van der Waals surface area contributed by atoms with Crippen molar-refractivity contribution in [2.75, 3.05) is 12.4 Å². The van der Waals surface area contributed by atoms with Gasteiger partial charge in [-0.2, -0.15) is 0 Å². The molecule has 100 valence electrons. The van der Waals surface area contributed by atoms with Crippen LogP contribution in [0.1, 0.15) is 22.3 Å². The summed E-state index contributed by atoms with van der Waals surface area (Å²) in [4.78, 5) is 0. The molecule has 0 saturated heterocycles. The molecule has 2 heteroatoms. The van der Waals surface area contributed by atoms with E-state index in [4.69, 9.17) is 4.74 Å². The van der Waals surface area contributed by atoms with Gasteiger partial charge in [-0.05, 0) is 37.1 Å². The average molecular weight is 255 g/mol. The Bertz CT molecular complexity index is 528. The Balaban J connectivity index is 2.03. The lowest BCUT2D eigenvalue weighted by Crippen LogP contribution is -2.01. The summed E-state index contributed by atoms with van der Waals surface area (Å²) < 4.78 is 5.15. The van der Waals surface area contributed by atoms with Crippen molar-refractivity contribution >= 4 is 5.69 Å². The van der Waals surface area contributed by atoms with Gasteiger partial charge >= 0.3 is 0 Å². The maximum absolute atomic E-state index is 5.15. The molecule has 2 nitrogen and oxygen atoms in total. The summed E-state index contributed by atoms with van der Waals surface area (Å²) in [5.41, 5.74) is 6.26. The van der Waals surface area contributed by atoms with Crippen LogP contribution in [0, 0.1) is 13.8 Å². The van der Waals surface area contributed by atoms with Gasteiger partial charge < -0.3 is 10.1 Å². The van der Waals surface area contributed by atoms with Crippen LogP contribution in [0.15, 0.2) is 42.5 Å². The number of hydrogen-bond donors (Lipinski definition) is 1. The maximum Gasteiger partial charge on any atom is 0.0713 e. The highest BCUT2D eigenvalue weighted by Gasteiger charge is 1.98. The second-order valence-corrected chi connectivity index (χ2v) is 4.98. The van der Waals surface area contributed by atoms with E-state index in [1.54, 1.807) is 7.11 Å². The van der Waals surface area contributed by atoms with Crippen molar-refractivity contribution in [3.63, 3.8) is 0 Å². The fraction of sp³-hybridized carbons (Fsp3) is 0.294. The van der Waals surface area contributed by atoms with Crippen molar-refractivity contribution < 1.29 is 4.74 Å². The van der Waals surface area contributed by atoms with Gasteiger partial charge in [0.25, 0.3) is 0 Å². The third-order valence-corrected chi connectivity index (χ3v) is 3.02. The summed E-state index contributed by atoms with van der Waals surface area (Å²) in [7, 11) is 1.72. The maximum atomic E-state index is 5.15. The highest BCUT2D eigenvalue weighted by molar-refractivity contribution is 5.46. The Labute approximate surface area is 115 Å². The normalized spacial score (nSPS) is 10.5. The molecule has 2 aromatic rings. The molecule has 2 aromatic carbocycles. The molecule has 0 saturated carbocycles. The predicted molar refractivity (Wildman–Crippen MR) is 80.4 cm³/mol. The number of methoxy groups -OCH3 is 1. The number of rotatable bonds is 5. The number of aryl methyl sites for hydroxylation is 2. The summed E-state index contributed by atoms with van der Waals surface area (Å²) in [6.45, 7) is 5.77. The van der Waals surface area contributed by atoms with E-state index in [1.165, 1.54) is 22.3 Å². The van der Waals surface area contributed by atoms with Crippen LogP contribution in [0.5, 0.6) is 0 Å². The van der Waals surface area contributed by atoms with E-state index in [9.17, 15) is 0 Å². The number of hydrogen-bond acceptors (Lipinski definition) is 2. The lowest BCUT2D eigenvalue weighted by Gasteiger charge is -2.10. The molecule has 0 fully saturated rings. The molecule has 0 aliphatic carbocycles. The van der Waals surface area contributed by atoms with Gasteiger partial charge in [-0.15, -0.1) is 0 Å². The molecule has 0 amide bonds. The highest BCUT2D eigenvalue weighted by atomic mass is 16.5. The third-order valence-electron chi connectivity index (χ3n) is 3.02. The smallest absolute Gasteiger partial charge is 0.0713 e. The van der Waals surface area contributed by atoms with Gasteiger partial charge in [0, 0.05) is 19.3 Å². The number of nitrogens with one attached hydrogen (secondary N) is 1. The van der Waals surface area contributed by atoms with Crippen molar-refractivity contribution in [2.24, 2.45) is 0 Å². The van der Waals surface area contributed by atoms with Crippen LogP contribution in [0.3, 0.4) is 0 Å². The minimum atomic E-state index is 0.652. The third kappa shape index (κ3) is 4.11. The molecule has 0 bridgehead atoms. The quantitative estimate of drug-likeness (QED) is 0.870. The lowest BCUT2D eigenvalue weighted by atomic mass is 10.1. The number of ether oxygens (including phenoxy) is 1. The van der Waals surface area contributed by atoms with Crippen molar-refractivity contribution in [1.29, 1.82) is 0 Å². The van der Waals surface area contributed by atoms with Crippen LogP contribution >= 0.6 is 0 Å². The molecule has 2 rings (SSSR count). The van der Waals surface area contributed by atoms with E-state index in [1.807, 2.05) is 0 Å². The van der Waals surface area contributed by atoms with Crippen LogP contribution in [0.2, 0.25) is 0 Å². The second kappa shape index (κ2) is 6.39. The van der Waals surface area contributed by atoms with Gasteiger partial charge in [0.05, 0.1) is 6.61 Å². The Hall–Kier alpha value is -1.80. The second-order valence-electron chi connectivity index (χ2n) is 4.98. The predicted octanol–water partition coefficient (Wildman–Crippen LogP) is 4.06. The molecular formula is C17H21NO. The first-order valence-corrected chi connectivity index (χ1v) is 6.56. The van der Waals surface area contributed by atoms with E-state index in [0.29, 0.717) is 6.61 Å². The van der Waals surface area contributed by atoms with Gasteiger partial charge in [0.2, 0.25) is 0 Å². The van der Waals surface area contributed by atoms with Crippen LogP contribution < -0.4 is 5.32 Å². The molecule has 0 aromatic heterocycles. The largest absolute Gasteiger partial charge is 0.381 e. The summed E-state index contributed by atoms with van der Waals surface area (Å²) in [5, 5.41) is 3.46. The Morgan fingerprint density at radius 1 is 0.947 bits per heavy atom. The van der Waals surface area contributed by atoms with Crippen molar-refractivity contribution in [2.45, 2.75) is 27.0 Å². The first kappa shape index (κ1) is 13.6. The minimum Gasteiger partial charge on any atom is -0.381 e. The molecule has 0 heterocycles. The standard InChI is InChI=1S/C17H21NO/c1-13-7-14(2)9-16(8-13)11-18-17-6-4-5-15(10-17)12-19-3/h4-10,18H,11-12H2,1-3H3. The molecule has 0 aliphatic heterocycles. The Kier molecular flexibility index (Phi) is 4.58. The minimum absolute atomic E-state index is 0.652. The lowest BCUT2D eigenvalue weighted by molar-refractivity contribution is 0.185. The molecule has 0 unspecified atom stereocenters. The van der Waals surface area contributed by atoms with E-state index in [0.717, 1.165) is 12.2 Å². The average Bonchev–Trinajstić information content (AvgIpc) is 2.36. The van der Waals surface area contributed by atoms with Gasteiger partial charge in [0.1, 0.15) is 0 Å². The summed E-state index contributed by atoms with van der Waals surface area (Å²) >= 11 is 0. The van der Waals surface area contributed by atoms with E-state index >= 15 is 0 Å². The van der Waals surface area contributed by atoms with Gasteiger partial charge in [0.15, 0.2) is 0 Å². The molecule has 1 N–H and O–H groups in total. The van der Waals surface area contributed by atoms with Crippen molar-refractivity contribution in [1.82, 2.24) is 0 Å². The molecule has 0 spiro atoms. The monoisotopic (exact) mass is 255 g/mol. The summed E-state index contributed by atoms with van der Waals surface area (Å²) in [6.07, 6.45) is 0. The van der Waals surface area contributed by atoms with Crippen molar-refractivity contribution in [3.05, 3.63) is 64.7 Å². The van der Waals surface area contributed by atoms with Crippen LogP contribution in [-0.4, -0.2) is 7.11 Å². The molecule has 0 radical (unpaired) electrons. The van der Waals surface area contributed by atoms with Crippen LogP contribution in [0.25, 0.3) is 0 Å². The Morgan fingerprint density at radius 3 is 2.37 bits per heavy atom. The van der Waals surface area contributed by atoms with Gasteiger partial charge in [-0.3, -0.25) is 0 Å². The topological polar surface area (TPSA) is 21.3 Å². The summed E-state index contributed by atoms with van der Waals surface area (Å²) in [5.74, 6) is 0. The fourth-order valence-corrected chi connectivity index (χ4v) is 2.31. The van der Waals surface area contributed by atoms with E-state index < -0.39 is 0 Å². The number of benzene rings is 2. The van der Waals surface area contributed by atoms with Crippen LogP contribution in [0.4, 0.5) is 5.69 Å². The number of anilines is 1. The zero-order valence-corrected chi connectivity index (χ0v) is 11.9. The molecule has 0 aliphatic rings. The first-order valence-electron chi connectivity index (χ1n) is 6.56. The van der Waals surface area contributed by atoms with Crippen LogP contribution in [-0.2, 0) is 17.9 Å². The van der Waals surface area contributed by atoms with Gasteiger partial charge in [-0.1, -0.05) is 41.5 Å². The Morgan fingerprint density at radius 2 is 1.68 bits per heavy atom. The van der Waals surface area contributed by atoms with E-state index in [2.05, 4.69) is 61.6 Å². The van der Waals surface area contributed by atoms with E-state index in [-0.39, 0.29) is 0 Å². The molecule has 19 heavy (non-hydrogen) atoms. The highest BCUT2D eigenvalue weighted by Crippen LogP contribution is 2.14. The molecule has 0 atom stereocenters. The molecular weight excluding hydrogens is 234 g/mol. The van der Waals surface area contributed by atoms with Gasteiger partial charge in [-0.25, -0.2) is 0 Å². The zero-order chi connectivity index (χ0) is 13.7. The fourth-order valence-electron chi connectivity index (χ4n) is 2.31. The van der Waals surface area contributed by atoms with Crippen molar-refractivity contribution in [3.8, 4) is 0 Å².